The zero-order valence-electron chi connectivity index (χ0n) is 21.2. The van der Waals surface area contributed by atoms with Crippen molar-refractivity contribution in [3.05, 3.63) is 123 Å². The predicted molar refractivity (Wildman–Crippen MR) is 158 cm³/mol. The standard InChI is InChI=1S/C30H23BrClN3O5/c1-2-39-27-16-19(6-15-26(27)40-30(38)21-9-13-24(32)14-10-21)18-33-35-29(37)22-4-3-5-25(17-22)34-28(36)20-7-11-23(31)12-8-20/h3-18H,2H2,1H3,(H,34,36)(H,35,37). The largest absolute Gasteiger partial charge is 0.490 e. The van der Waals surface area contributed by atoms with Crippen molar-refractivity contribution in [1.82, 2.24) is 5.43 Å². The molecule has 2 N–H and O–H groups in total. The van der Waals surface area contributed by atoms with Gasteiger partial charge >= 0.3 is 5.97 Å². The summed E-state index contributed by atoms with van der Waals surface area (Å²) in [6, 6.07) is 24.7. The molecule has 8 nitrogen and oxygen atoms in total. The van der Waals surface area contributed by atoms with Gasteiger partial charge in [0.1, 0.15) is 0 Å². The molecule has 10 heteroatoms. The summed E-state index contributed by atoms with van der Waals surface area (Å²) < 4.78 is 12.0. The zero-order valence-corrected chi connectivity index (χ0v) is 23.5. The van der Waals surface area contributed by atoms with E-state index in [1.807, 2.05) is 0 Å². The molecule has 0 saturated heterocycles. The van der Waals surface area contributed by atoms with Crippen LogP contribution in [0, 0.1) is 0 Å². The summed E-state index contributed by atoms with van der Waals surface area (Å²) in [5.41, 5.74) is 4.68. The van der Waals surface area contributed by atoms with Gasteiger partial charge in [-0.15, -0.1) is 0 Å². The highest BCUT2D eigenvalue weighted by molar-refractivity contribution is 9.10. The van der Waals surface area contributed by atoms with Gasteiger partial charge in [0.2, 0.25) is 0 Å². The number of hydrazone groups is 1. The summed E-state index contributed by atoms with van der Waals surface area (Å²) in [6.45, 7) is 2.15. The van der Waals surface area contributed by atoms with Gasteiger partial charge in [-0.2, -0.15) is 5.10 Å². The quantitative estimate of drug-likeness (QED) is 0.0934. The first kappa shape index (κ1) is 28.5. The normalized spacial score (nSPS) is 10.7. The van der Waals surface area contributed by atoms with Crippen LogP contribution in [0.25, 0.3) is 0 Å². The van der Waals surface area contributed by atoms with Gasteiger partial charge in [-0.05, 0) is 97.4 Å². The Labute approximate surface area is 244 Å². The lowest BCUT2D eigenvalue weighted by molar-refractivity contribution is 0.0728. The third-order valence-corrected chi connectivity index (χ3v) is 6.20. The Balaban J connectivity index is 1.39. The number of halogens is 2. The van der Waals surface area contributed by atoms with Gasteiger partial charge < -0.3 is 14.8 Å². The van der Waals surface area contributed by atoms with Crippen LogP contribution in [0.5, 0.6) is 11.5 Å². The Morgan fingerprint density at radius 1 is 0.850 bits per heavy atom. The van der Waals surface area contributed by atoms with Gasteiger partial charge in [0.05, 0.1) is 18.4 Å². The van der Waals surface area contributed by atoms with Crippen molar-refractivity contribution in [3.8, 4) is 11.5 Å². The Morgan fingerprint density at radius 3 is 2.30 bits per heavy atom. The van der Waals surface area contributed by atoms with Crippen molar-refractivity contribution < 1.29 is 23.9 Å². The Kier molecular flexibility index (Phi) is 9.66. The molecule has 40 heavy (non-hydrogen) atoms. The lowest BCUT2D eigenvalue weighted by Crippen LogP contribution is -2.18. The van der Waals surface area contributed by atoms with Crippen molar-refractivity contribution in [2.75, 3.05) is 11.9 Å². The third kappa shape index (κ3) is 7.78. The summed E-state index contributed by atoms with van der Waals surface area (Å²) in [5, 5.41) is 7.31. The Morgan fingerprint density at radius 2 is 1.57 bits per heavy atom. The highest BCUT2D eigenvalue weighted by Gasteiger charge is 2.14. The Hall–Kier alpha value is -4.47. The molecule has 0 heterocycles. The van der Waals surface area contributed by atoms with Crippen LogP contribution < -0.4 is 20.2 Å². The molecule has 0 radical (unpaired) electrons. The molecular weight excluding hydrogens is 598 g/mol. The van der Waals surface area contributed by atoms with Gasteiger partial charge in [-0.3, -0.25) is 9.59 Å². The zero-order chi connectivity index (χ0) is 28.5. The van der Waals surface area contributed by atoms with Gasteiger partial charge in [0, 0.05) is 26.3 Å². The van der Waals surface area contributed by atoms with Crippen LogP contribution in [0.4, 0.5) is 5.69 Å². The number of nitrogens with one attached hydrogen (secondary N) is 2. The minimum atomic E-state index is -0.554. The molecule has 4 aromatic carbocycles. The first-order chi connectivity index (χ1) is 19.3. The number of hydrogen-bond acceptors (Lipinski definition) is 6. The van der Waals surface area contributed by atoms with Crippen LogP contribution in [0.1, 0.15) is 43.6 Å². The highest BCUT2D eigenvalue weighted by Crippen LogP contribution is 2.29. The number of carbonyl (C=O) groups is 3. The maximum Gasteiger partial charge on any atom is 0.343 e. The van der Waals surface area contributed by atoms with E-state index in [2.05, 4.69) is 31.8 Å². The van der Waals surface area contributed by atoms with Gasteiger partial charge in [0.15, 0.2) is 11.5 Å². The summed E-state index contributed by atoms with van der Waals surface area (Å²) in [4.78, 5) is 37.6. The number of benzene rings is 4. The number of esters is 1. The fraction of sp³-hybridized carbons (Fsp3) is 0.0667. The second-order valence-electron chi connectivity index (χ2n) is 8.28. The van der Waals surface area contributed by atoms with E-state index < -0.39 is 11.9 Å². The van der Waals surface area contributed by atoms with Gasteiger partial charge in [-0.25, -0.2) is 10.2 Å². The second kappa shape index (κ2) is 13.5. The van der Waals surface area contributed by atoms with E-state index in [0.29, 0.717) is 45.3 Å². The first-order valence-electron chi connectivity index (χ1n) is 12.1. The lowest BCUT2D eigenvalue weighted by Gasteiger charge is -2.11. The number of ether oxygens (including phenoxy) is 2. The van der Waals surface area contributed by atoms with Crippen LogP contribution in [-0.2, 0) is 0 Å². The molecule has 0 spiro atoms. The van der Waals surface area contributed by atoms with E-state index in [1.54, 1.807) is 97.9 Å². The van der Waals surface area contributed by atoms with Crippen molar-refractivity contribution in [3.63, 3.8) is 0 Å². The van der Waals surface area contributed by atoms with E-state index >= 15 is 0 Å². The van der Waals surface area contributed by atoms with Gasteiger partial charge in [0.25, 0.3) is 11.8 Å². The van der Waals surface area contributed by atoms with E-state index in [9.17, 15) is 14.4 Å². The van der Waals surface area contributed by atoms with Crippen LogP contribution in [-0.4, -0.2) is 30.6 Å². The van der Waals surface area contributed by atoms with E-state index in [0.717, 1.165) is 4.47 Å². The number of carbonyl (C=O) groups excluding carboxylic acids is 3. The molecular formula is C30H23BrClN3O5. The molecule has 202 valence electrons. The molecule has 4 aromatic rings. The molecule has 2 amide bonds. The van der Waals surface area contributed by atoms with Gasteiger partial charge in [-0.1, -0.05) is 33.6 Å². The maximum absolute atomic E-state index is 12.6. The number of amides is 2. The lowest BCUT2D eigenvalue weighted by atomic mass is 10.1. The third-order valence-electron chi connectivity index (χ3n) is 5.42. The van der Waals surface area contributed by atoms with Crippen LogP contribution in [0.15, 0.2) is 101 Å². The van der Waals surface area contributed by atoms with Crippen molar-refractivity contribution >= 4 is 57.2 Å². The summed E-state index contributed by atoms with van der Waals surface area (Å²) >= 11 is 9.22. The fourth-order valence-electron chi connectivity index (χ4n) is 3.48. The van der Waals surface area contributed by atoms with Crippen LogP contribution in [0.2, 0.25) is 5.02 Å². The second-order valence-corrected chi connectivity index (χ2v) is 9.63. The molecule has 4 rings (SSSR count). The highest BCUT2D eigenvalue weighted by atomic mass is 79.9. The Bertz CT molecular complexity index is 1560. The van der Waals surface area contributed by atoms with Crippen molar-refractivity contribution in [1.29, 1.82) is 0 Å². The minimum absolute atomic E-state index is 0.241. The average molecular weight is 621 g/mol. The first-order valence-corrected chi connectivity index (χ1v) is 13.2. The molecule has 0 unspecified atom stereocenters. The fourth-order valence-corrected chi connectivity index (χ4v) is 3.87. The summed E-state index contributed by atoms with van der Waals surface area (Å²) in [5.74, 6) is -0.731. The van der Waals surface area contributed by atoms with Crippen molar-refractivity contribution in [2.24, 2.45) is 5.10 Å². The number of anilines is 1. The van der Waals surface area contributed by atoms with E-state index in [1.165, 1.54) is 6.21 Å². The van der Waals surface area contributed by atoms with Crippen LogP contribution in [0.3, 0.4) is 0 Å². The molecule has 0 saturated carbocycles. The molecule has 0 bridgehead atoms. The van der Waals surface area contributed by atoms with E-state index in [-0.39, 0.29) is 11.7 Å². The monoisotopic (exact) mass is 619 g/mol. The topological polar surface area (TPSA) is 106 Å². The SMILES string of the molecule is CCOc1cc(C=NNC(=O)c2cccc(NC(=O)c3ccc(Br)cc3)c2)ccc1OC(=O)c1ccc(Cl)cc1. The molecule has 0 aliphatic rings. The summed E-state index contributed by atoms with van der Waals surface area (Å²) in [7, 11) is 0. The number of hydrogen-bond donors (Lipinski definition) is 2. The van der Waals surface area contributed by atoms with Crippen molar-refractivity contribution in [2.45, 2.75) is 6.92 Å². The average Bonchev–Trinajstić information content (AvgIpc) is 2.95. The van der Waals surface area contributed by atoms with E-state index in [4.69, 9.17) is 21.1 Å². The molecule has 0 aliphatic heterocycles. The summed E-state index contributed by atoms with van der Waals surface area (Å²) in [6.07, 6.45) is 1.43. The number of nitrogens with zero attached hydrogens (tertiary/aromatic N) is 1. The number of rotatable bonds is 9. The molecule has 0 aliphatic carbocycles. The molecule has 0 atom stereocenters. The maximum atomic E-state index is 12.6. The van der Waals surface area contributed by atoms with Crippen LogP contribution >= 0.6 is 27.5 Å². The smallest absolute Gasteiger partial charge is 0.343 e. The minimum Gasteiger partial charge on any atom is -0.490 e. The molecule has 0 fully saturated rings. The predicted octanol–water partition coefficient (Wildman–Crippen LogP) is 6.74. The molecule has 0 aromatic heterocycles.